The molecule has 96 valence electrons. The number of pyridine rings is 1. The molecule has 0 radical (unpaired) electrons. The van der Waals surface area contributed by atoms with E-state index in [4.69, 9.17) is 5.11 Å². The first-order valence-electron chi connectivity index (χ1n) is 5.32. The van der Waals surface area contributed by atoms with Gasteiger partial charge in [-0.25, -0.2) is 14.2 Å². The van der Waals surface area contributed by atoms with Crippen LogP contribution in [0.25, 0.3) is 22.3 Å². The lowest BCUT2D eigenvalue weighted by molar-refractivity contribution is 0.0699. The van der Waals surface area contributed by atoms with Gasteiger partial charge < -0.3 is 10.1 Å². The summed E-state index contributed by atoms with van der Waals surface area (Å²) in [6.07, 6.45) is 5.67. The van der Waals surface area contributed by atoms with Gasteiger partial charge in [-0.15, -0.1) is 0 Å². The number of carboxylic acids is 1. The quantitative estimate of drug-likeness (QED) is 0.536. The van der Waals surface area contributed by atoms with Gasteiger partial charge in [0.2, 0.25) is 0 Å². The summed E-state index contributed by atoms with van der Waals surface area (Å²) in [5.41, 5.74) is 2.49. The van der Waals surface area contributed by atoms with Crippen molar-refractivity contribution in [1.29, 1.82) is 0 Å². The van der Waals surface area contributed by atoms with Gasteiger partial charge in [0, 0.05) is 23.3 Å². The topological polar surface area (TPSA) is 83.8 Å². The number of nitrogens with zero attached hydrogens (tertiary/aromatic N) is 3. The molecule has 0 aliphatic heterocycles. The summed E-state index contributed by atoms with van der Waals surface area (Å²) in [6, 6.07) is 3.57. The Hall–Kier alpha value is -1.47. The molecule has 3 aromatic heterocycles. The van der Waals surface area contributed by atoms with Crippen molar-refractivity contribution < 1.29 is 9.90 Å². The van der Waals surface area contributed by atoms with Crippen LogP contribution in [0, 0.1) is 0 Å². The van der Waals surface area contributed by atoms with Crippen LogP contribution in [0.5, 0.6) is 0 Å². The number of hydrogen-bond acceptors (Lipinski definition) is 3. The Kier molecular flexibility index (Phi) is 3.24. The molecule has 3 rings (SSSR count). The molecule has 2 N–H and O–H groups in total. The van der Waals surface area contributed by atoms with E-state index in [2.05, 4.69) is 37.1 Å². The smallest absolute Gasteiger partial charge is 0.337 e. The lowest BCUT2D eigenvalue weighted by Crippen LogP contribution is -1.93. The predicted molar refractivity (Wildman–Crippen MR) is 82.0 cm³/mol. The highest BCUT2D eigenvalue weighted by Gasteiger charge is 2.12. The minimum Gasteiger partial charge on any atom is -0.478 e. The summed E-state index contributed by atoms with van der Waals surface area (Å²) < 4.78 is 1.83. The van der Waals surface area contributed by atoms with Crippen LogP contribution in [0.2, 0.25) is 0 Å². The summed E-state index contributed by atoms with van der Waals surface area (Å²) in [5.74, 6) is -0.959. The summed E-state index contributed by atoms with van der Waals surface area (Å²) in [4.78, 5) is 18.3. The molecule has 0 saturated heterocycles. The van der Waals surface area contributed by atoms with E-state index in [0.717, 1.165) is 11.3 Å². The first-order chi connectivity index (χ1) is 9.19. The number of carbonyl (C=O) groups is 1. The lowest BCUT2D eigenvalue weighted by atomic mass is 10.2. The van der Waals surface area contributed by atoms with Crippen LogP contribution >= 0.6 is 28.4 Å². The fraction of sp³-hybridized carbons (Fsp3) is 0. The summed E-state index contributed by atoms with van der Waals surface area (Å²) in [6.45, 7) is 0. The number of aromatic carboxylic acids is 1. The molecule has 0 aliphatic carbocycles. The zero-order valence-corrected chi connectivity index (χ0v) is 12.6. The molecule has 0 bridgehead atoms. The van der Waals surface area contributed by atoms with Gasteiger partial charge in [0.15, 0.2) is 0 Å². The van der Waals surface area contributed by atoms with Gasteiger partial charge in [0.05, 0.1) is 23.8 Å². The van der Waals surface area contributed by atoms with Crippen LogP contribution in [0.1, 0.15) is 10.4 Å². The first-order valence-corrected chi connectivity index (χ1v) is 9.38. The molecule has 8 heteroatoms. The molecule has 0 aromatic carbocycles. The Balaban J connectivity index is 2.09. The molecule has 0 amide bonds. The van der Waals surface area contributed by atoms with E-state index in [0.29, 0.717) is 17.4 Å². The van der Waals surface area contributed by atoms with Crippen molar-refractivity contribution in [1.82, 2.24) is 19.5 Å². The minimum atomic E-state index is -0.959. The number of aromatic amines is 1. The predicted octanol–water partition coefficient (Wildman–Crippen LogP) is 2.92. The van der Waals surface area contributed by atoms with Crippen molar-refractivity contribution in [3.63, 3.8) is 0 Å². The van der Waals surface area contributed by atoms with Gasteiger partial charge in [-0.1, -0.05) is 0 Å². The highest BCUT2D eigenvalue weighted by molar-refractivity contribution is 14.2. The Morgan fingerprint density at radius 2 is 2.32 bits per heavy atom. The highest BCUT2D eigenvalue weighted by atomic mass is 127. The first kappa shape index (κ1) is 12.6. The maximum Gasteiger partial charge on any atom is 0.337 e. The van der Waals surface area contributed by atoms with E-state index in [1.54, 1.807) is 18.3 Å². The molecule has 0 fully saturated rings. The molecule has 6 nitrogen and oxygen atoms in total. The molecule has 3 heterocycles. The van der Waals surface area contributed by atoms with Crippen LogP contribution in [0.3, 0.4) is 0 Å². The van der Waals surface area contributed by atoms with Gasteiger partial charge in [0.1, 0.15) is 5.65 Å². The van der Waals surface area contributed by atoms with E-state index < -0.39 is 5.97 Å². The van der Waals surface area contributed by atoms with Crippen molar-refractivity contribution in [3.05, 3.63) is 36.3 Å². The molecular weight excluding hydrogens is 378 g/mol. The molecule has 0 spiro atoms. The second kappa shape index (κ2) is 4.90. The van der Waals surface area contributed by atoms with Gasteiger partial charge in [0.25, 0.3) is 0 Å². The zero-order chi connectivity index (χ0) is 13.4. The normalized spacial score (nSPS) is 11.6. The molecule has 0 saturated carbocycles. The second-order valence-electron chi connectivity index (χ2n) is 3.86. The van der Waals surface area contributed by atoms with Crippen molar-refractivity contribution in [3.8, 4) is 11.3 Å². The van der Waals surface area contributed by atoms with Crippen LogP contribution in [0.15, 0.2) is 30.7 Å². The van der Waals surface area contributed by atoms with Crippen LogP contribution < -0.4 is 0 Å². The highest BCUT2D eigenvalue weighted by Crippen LogP contribution is 2.27. The van der Waals surface area contributed by atoms with Crippen LogP contribution in [0.4, 0.5) is 0 Å². The number of aromatic nitrogens is 4. The zero-order valence-electron chi connectivity index (χ0n) is 9.46. The van der Waals surface area contributed by atoms with E-state index in [-0.39, 0.29) is 5.56 Å². The van der Waals surface area contributed by atoms with Gasteiger partial charge in [-0.05, 0) is 34.2 Å². The summed E-state index contributed by atoms with van der Waals surface area (Å²) >= 11 is 2.25. The third-order valence-electron chi connectivity index (χ3n) is 2.73. The number of hydrogen-bond donors (Lipinski definition) is 2. The van der Waals surface area contributed by atoms with E-state index >= 15 is 0 Å². The maximum atomic E-state index is 11.0. The molecular formula is C11H8IN4O2P. The average molecular weight is 386 g/mol. The minimum absolute atomic E-state index is 0.235. The van der Waals surface area contributed by atoms with Crippen molar-refractivity contribution >= 4 is 45.4 Å². The van der Waals surface area contributed by atoms with Crippen molar-refractivity contribution in [2.75, 3.05) is 0 Å². The Bertz CT molecular complexity index is 767. The number of carboxylic acid groups (broad SMARTS) is 1. The molecule has 19 heavy (non-hydrogen) atoms. The second-order valence-corrected chi connectivity index (χ2v) is 5.93. The number of halogens is 1. The van der Waals surface area contributed by atoms with E-state index in [9.17, 15) is 4.79 Å². The Morgan fingerprint density at radius 3 is 3.00 bits per heavy atom. The lowest BCUT2D eigenvalue weighted by Gasteiger charge is -1.97. The van der Waals surface area contributed by atoms with Gasteiger partial charge in [-0.3, -0.25) is 0 Å². The summed E-state index contributed by atoms with van der Waals surface area (Å²) in [7, 11) is 0. The number of H-pyrrole nitrogens is 1. The summed E-state index contributed by atoms with van der Waals surface area (Å²) in [5, 5.41) is 13.8. The molecule has 0 aliphatic rings. The van der Waals surface area contributed by atoms with Crippen molar-refractivity contribution in [2.45, 2.75) is 0 Å². The fourth-order valence-corrected chi connectivity index (χ4v) is 2.92. The molecule has 1 atom stereocenters. The number of nitrogens with one attached hydrogen (secondary N) is 1. The third-order valence-corrected chi connectivity index (χ3v) is 4.63. The third kappa shape index (κ3) is 2.23. The van der Waals surface area contributed by atoms with E-state index in [1.165, 1.54) is 6.20 Å². The van der Waals surface area contributed by atoms with E-state index in [1.807, 2.05) is 10.6 Å². The molecule has 1 unspecified atom stereocenters. The fourth-order valence-electron chi connectivity index (χ4n) is 1.84. The van der Waals surface area contributed by atoms with Crippen LogP contribution in [-0.4, -0.2) is 30.6 Å². The van der Waals surface area contributed by atoms with Crippen LogP contribution in [-0.2, 0) is 0 Å². The van der Waals surface area contributed by atoms with Gasteiger partial charge >= 0.3 is 5.97 Å². The maximum absolute atomic E-state index is 11.0. The average Bonchev–Trinajstić information content (AvgIpc) is 3.04. The Morgan fingerprint density at radius 1 is 1.47 bits per heavy atom. The molecule has 3 aromatic rings. The van der Waals surface area contributed by atoms with Gasteiger partial charge in [-0.2, -0.15) is 5.10 Å². The number of fused-ring (bicyclic) bond motifs is 1. The standard InChI is InChI=1S/C11H8IN4O2P/c12-19-16-5-6(3-14-16)9-2-1-7-8(11(17)18)4-13-10(7)15-9/h1-5,19H,(H,13,15)(H,17,18). The SMILES string of the molecule is O=C(O)c1c[nH]c2nc(-c3cnn(PI)c3)ccc12. The Labute approximate surface area is 122 Å². The number of rotatable bonds is 3. The monoisotopic (exact) mass is 386 g/mol. The largest absolute Gasteiger partial charge is 0.478 e. The van der Waals surface area contributed by atoms with Crippen molar-refractivity contribution in [2.24, 2.45) is 0 Å².